The number of nitrogens with zero attached hydrogens (tertiary/aromatic N) is 1. The number of amides is 1. The Hall–Kier alpha value is -2.25. The first kappa shape index (κ1) is 20.0. The molecule has 0 unspecified atom stereocenters. The Balaban J connectivity index is 1.50. The van der Waals surface area contributed by atoms with Crippen molar-refractivity contribution in [1.82, 2.24) is 4.31 Å². The first-order chi connectivity index (χ1) is 13.9. The van der Waals surface area contributed by atoms with Gasteiger partial charge in [0.1, 0.15) is 5.82 Å². The third-order valence-electron chi connectivity index (χ3n) is 5.88. The molecule has 0 aromatic heterocycles. The van der Waals surface area contributed by atoms with Crippen molar-refractivity contribution in [2.75, 3.05) is 11.9 Å². The van der Waals surface area contributed by atoms with Gasteiger partial charge in [0.15, 0.2) is 0 Å². The van der Waals surface area contributed by atoms with Crippen LogP contribution < -0.4 is 5.32 Å². The minimum Gasteiger partial charge on any atom is -0.326 e. The van der Waals surface area contributed by atoms with E-state index in [1.165, 1.54) is 22.9 Å². The van der Waals surface area contributed by atoms with Crippen LogP contribution in [0, 0.1) is 11.7 Å². The summed E-state index contributed by atoms with van der Waals surface area (Å²) < 4.78 is 40.4. The number of nitrogens with one attached hydrogen (secondary N) is 1. The molecule has 0 radical (unpaired) electrons. The van der Waals surface area contributed by atoms with Crippen LogP contribution in [0.15, 0.2) is 47.4 Å². The number of hydrogen-bond donors (Lipinski definition) is 1. The van der Waals surface area contributed by atoms with Gasteiger partial charge in [-0.3, -0.25) is 4.79 Å². The molecule has 1 aliphatic heterocycles. The van der Waals surface area contributed by atoms with Gasteiger partial charge in [0.2, 0.25) is 15.9 Å². The standard InChI is InChI=1S/C22H25FN2O3S/c23-19-7-10-21(11-8-19)29(27,28)25-13-12-16-6-9-20(14-18(16)15-25)24-22(26)17-4-2-1-3-5-17/h6-11,14,17H,1-5,12-13,15H2,(H,24,26). The van der Waals surface area contributed by atoms with E-state index in [-0.39, 0.29) is 23.3 Å². The quantitative estimate of drug-likeness (QED) is 0.816. The Morgan fingerprint density at radius 3 is 2.45 bits per heavy atom. The van der Waals surface area contributed by atoms with Crippen LogP contribution in [0.1, 0.15) is 43.2 Å². The van der Waals surface area contributed by atoms with Crippen molar-refractivity contribution in [3.8, 4) is 0 Å². The highest BCUT2D eigenvalue weighted by atomic mass is 32.2. The monoisotopic (exact) mass is 416 g/mol. The lowest BCUT2D eigenvalue weighted by Gasteiger charge is -2.28. The average molecular weight is 417 g/mol. The molecular weight excluding hydrogens is 391 g/mol. The molecule has 1 saturated carbocycles. The van der Waals surface area contributed by atoms with E-state index in [1.807, 2.05) is 18.2 Å². The Bertz CT molecular complexity index is 999. The Morgan fingerprint density at radius 1 is 1.00 bits per heavy atom. The predicted molar refractivity (Wildman–Crippen MR) is 109 cm³/mol. The summed E-state index contributed by atoms with van der Waals surface area (Å²) in [6.45, 7) is 0.614. The van der Waals surface area contributed by atoms with Crippen LogP contribution in [0.3, 0.4) is 0 Å². The summed E-state index contributed by atoms with van der Waals surface area (Å²) in [7, 11) is -3.70. The van der Waals surface area contributed by atoms with Crippen molar-refractivity contribution in [2.24, 2.45) is 5.92 Å². The van der Waals surface area contributed by atoms with Gasteiger partial charge in [-0.25, -0.2) is 12.8 Å². The van der Waals surface area contributed by atoms with Crippen molar-refractivity contribution in [2.45, 2.75) is 50.0 Å². The van der Waals surface area contributed by atoms with E-state index in [1.54, 1.807) is 0 Å². The summed E-state index contributed by atoms with van der Waals surface area (Å²) in [6, 6.07) is 10.6. The van der Waals surface area contributed by atoms with Crippen molar-refractivity contribution in [1.29, 1.82) is 0 Å². The highest BCUT2D eigenvalue weighted by Gasteiger charge is 2.29. The number of anilines is 1. The minimum absolute atomic E-state index is 0.0521. The number of benzene rings is 2. The molecule has 1 aliphatic carbocycles. The predicted octanol–water partition coefficient (Wildman–Crippen LogP) is 4.09. The highest BCUT2D eigenvalue weighted by molar-refractivity contribution is 7.89. The second kappa shape index (κ2) is 8.24. The zero-order valence-electron chi connectivity index (χ0n) is 16.2. The fraction of sp³-hybridized carbons (Fsp3) is 0.409. The molecule has 1 heterocycles. The number of fused-ring (bicyclic) bond motifs is 1. The molecule has 154 valence electrons. The summed E-state index contributed by atoms with van der Waals surface area (Å²) in [5.41, 5.74) is 2.69. The van der Waals surface area contributed by atoms with Gasteiger partial charge in [-0.2, -0.15) is 4.31 Å². The van der Waals surface area contributed by atoms with Crippen molar-refractivity contribution in [3.63, 3.8) is 0 Å². The van der Waals surface area contributed by atoms with Crippen LogP contribution in [0.4, 0.5) is 10.1 Å². The molecule has 0 bridgehead atoms. The molecule has 1 N–H and O–H groups in total. The molecule has 1 amide bonds. The maximum Gasteiger partial charge on any atom is 0.243 e. The van der Waals surface area contributed by atoms with Gasteiger partial charge < -0.3 is 5.32 Å². The smallest absolute Gasteiger partial charge is 0.243 e. The second-order valence-corrected chi connectivity index (χ2v) is 9.79. The molecule has 2 aliphatic rings. The molecule has 4 rings (SSSR count). The van der Waals surface area contributed by atoms with Crippen LogP contribution in [0.2, 0.25) is 0 Å². The van der Waals surface area contributed by atoms with E-state index >= 15 is 0 Å². The largest absolute Gasteiger partial charge is 0.326 e. The van der Waals surface area contributed by atoms with Gasteiger partial charge in [0.05, 0.1) is 4.90 Å². The fourth-order valence-electron chi connectivity index (χ4n) is 4.18. The van der Waals surface area contributed by atoms with Gasteiger partial charge in [-0.15, -0.1) is 0 Å². The Labute approximate surface area is 171 Å². The molecular formula is C22H25FN2O3S. The summed E-state index contributed by atoms with van der Waals surface area (Å²) in [5, 5.41) is 3.00. The van der Waals surface area contributed by atoms with Gasteiger partial charge in [0, 0.05) is 24.7 Å². The maximum atomic E-state index is 13.2. The van der Waals surface area contributed by atoms with E-state index in [2.05, 4.69) is 5.32 Å². The first-order valence-electron chi connectivity index (χ1n) is 10.1. The minimum atomic E-state index is -3.70. The zero-order valence-corrected chi connectivity index (χ0v) is 17.1. The van der Waals surface area contributed by atoms with E-state index in [9.17, 15) is 17.6 Å². The van der Waals surface area contributed by atoms with Crippen molar-refractivity contribution >= 4 is 21.6 Å². The van der Waals surface area contributed by atoms with E-state index in [0.717, 1.165) is 48.9 Å². The van der Waals surface area contributed by atoms with Gasteiger partial charge >= 0.3 is 0 Å². The highest BCUT2D eigenvalue weighted by Crippen LogP contribution is 2.29. The molecule has 1 fully saturated rings. The molecule has 29 heavy (non-hydrogen) atoms. The third kappa shape index (κ3) is 4.36. The number of sulfonamides is 1. The lowest BCUT2D eigenvalue weighted by atomic mass is 9.88. The molecule has 0 spiro atoms. The van der Waals surface area contributed by atoms with Gasteiger partial charge in [0.25, 0.3) is 0 Å². The molecule has 7 heteroatoms. The summed E-state index contributed by atoms with van der Waals surface area (Å²) >= 11 is 0. The Morgan fingerprint density at radius 2 is 1.72 bits per heavy atom. The van der Waals surface area contributed by atoms with E-state index in [0.29, 0.717) is 18.7 Å². The van der Waals surface area contributed by atoms with Gasteiger partial charge in [-0.05, 0) is 66.8 Å². The first-order valence-corrected chi connectivity index (χ1v) is 11.6. The van der Waals surface area contributed by atoms with Crippen LogP contribution in [0.5, 0.6) is 0 Å². The number of carbonyl (C=O) groups excluding carboxylic acids is 1. The second-order valence-electron chi connectivity index (χ2n) is 7.85. The number of carbonyl (C=O) groups is 1. The van der Waals surface area contributed by atoms with Crippen LogP contribution in [-0.4, -0.2) is 25.2 Å². The molecule has 0 atom stereocenters. The SMILES string of the molecule is O=C(Nc1ccc2c(c1)CN(S(=O)(=O)c1ccc(F)cc1)CC2)C1CCCCC1. The molecule has 0 saturated heterocycles. The molecule has 2 aromatic carbocycles. The lowest BCUT2D eigenvalue weighted by molar-refractivity contribution is -0.120. The van der Waals surface area contributed by atoms with Crippen LogP contribution in [-0.2, 0) is 27.8 Å². The fourth-order valence-corrected chi connectivity index (χ4v) is 5.60. The van der Waals surface area contributed by atoms with Gasteiger partial charge in [-0.1, -0.05) is 25.3 Å². The van der Waals surface area contributed by atoms with Crippen molar-refractivity contribution in [3.05, 3.63) is 59.4 Å². The summed E-state index contributed by atoms with van der Waals surface area (Å²) in [6.07, 6.45) is 5.85. The molecule has 5 nitrogen and oxygen atoms in total. The number of rotatable bonds is 4. The van der Waals surface area contributed by atoms with Crippen LogP contribution in [0.25, 0.3) is 0 Å². The average Bonchev–Trinajstić information content (AvgIpc) is 2.74. The summed E-state index contributed by atoms with van der Waals surface area (Å²) in [4.78, 5) is 12.6. The van der Waals surface area contributed by atoms with E-state index in [4.69, 9.17) is 0 Å². The normalized spacial score (nSPS) is 18.2. The molecule has 2 aromatic rings. The van der Waals surface area contributed by atoms with Crippen LogP contribution >= 0.6 is 0 Å². The lowest BCUT2D eigenvalue weighted by Crippen LogP contribution is -2.36. The number of halogens is 1. The number of hydrogen-bond acceptors (Lipinski definition) is 3. The zero-order chi connectivity index (χ0) is 20.4. The van der Waals surface area contributed by atoms with E-state index < -0.39 is 15.8 Å². The maximum absolute atomic E-state index is 13.2. The third-order valence-corrected chi connectivity index (χ3v) is 7.74. The summed E-state index contributed by atoms with van der Waals surface area (Å²) in [5.74, 6) is -0.349. The van der Waals surface area contributed by atoms with Crippen molar-refractivity contribution < 1.29 is 17.6 Å². The topological polar surface area (TPSA) is 66.5 Å². The Kier molecular flexibility index (Phi) is 5.69.